The van der Waals surface area contributed by atoms with Crippen molar-refractivity contribution in [3.8, 4) is 0 Å². The van der Waals surface area contributed by atoms with Crippen LogP contribution in [0.3, 0.4) is 0 Å². The van der Waals surface area contributed by atoms with Crippen LogP contribution in [0.25, 0.3) is 0 Å². The van der Waals surface area contributed by atoms with Crippen molar-refractivity contribution in [1.82, 2.24) is 5.43 Å². The van der Waals surface area contributed by atoms with Crippen LogP contribution >= 0.6 is 0 Å². The van der Waals surface area contributed by atoms with Gasteiger partial charge >= 0.3 is 0 Å². The molecule has 0 heterocycles. The fraction of sp³-hybridized carbons (Fsp3) is 0.0769. The van der Waals surface area contributed by atoms with Gasteiger partial charge in [-0.05, 0) is 18.2 Å². The van der Waals surface area contributed by atoms with Crippen LogP contribution in [0, 0.1) is 29.1 Å². The van der Waals surface area contributed by atoms with Gasteiger partial charge in [0.15, 0.2) is 17.5 Å². The van der Waals surface area contributed by atoms with Crippen LogP contribution < -0.4 is 11.3 Å². The number of halogens is 5. The summed E-state index contributed by atoms with van der Waals surface area (Å²) in [4.78, 5) is 0. The molecule has 0 spiro atoms. The van der Waals surface area contributed by atoms with Gasteiger partial charge in [-0.15, -0.1) is 0 Å². The maximum atomic E-state index is 13.7. The van der Waals surface area contributed by atoms with Crippen molar-refractivity contribution < 1.29 is 22.0 Å². The van der Waals surface area contributed by atoms with Gasteiger partial charge in [-0.25, -0.2) is 27.4 Å². The van der Waals surface area contributed by atoms with Gasteiger partial charge in [0.05, 0.1) is 6.04 Å². The molecule has 0 bridgehead atoms. The maximum absolute atomic E-state index is 13.7. The summed E-state index contributed by atoms with van der Waals surface area (Å²) in [6.45, 7) is 0. The predicted molar refractivity (Wildman–Crippen MR) is 61.8 cm³/mol. The molecule has 0 fully saturated rings. The van der Waals surface area contributed by atoms with Crippen molar-refractivity contribution in [2.75, 3.05) is 0 Å². The molecule has 0 aliphatic heterocycles. The van der Waals surface area contributed by atoms with E-state index in [0.29, 0.717) is 6.07 Å². The zero-order valence-corrected chi connectivity index (χ0v) is 9.93. The minimum Gasteiger partial charge on any atom is -0.271 e. The van der Waals surface area contributed by atoms with Crippen molar-refractivity contribution in [3.05, 3.63) is 70.5 Å². The third-order valence-corrected chi connectivity index (χ3v) is 2.83. The third-order valence-electron chi connectivity index (χ3n) is 2.83. The number of nitrogens with one attached hydrogen (secondary N) is 1. The molecule has 0 aliphatic rings. The first kappa shape index (κ1) is 14.4. The van der Waals surface area contributed by atoms with Gasteiger partial charge in [0.25, 0.3) is 0 Å². The van der Waals surface area contributed by atoms with Gasteiger partial charge in [0.2, 0.25) is 0 Å². The summed E-state index contributed by atoms with van der Waals surface area (Å²) in [5, 5.41) is 0. The second-order valence-electron chi connectivity index (χ2n) is 4.00. The van der Waals surface area contributed by atoms with Crippen molar-refractivity contribution in [2.24, 2.45) is 5.84 Å². The number of rotatable bonds is 3. The molecular formula is C13H9F5N2. The highest BCUT2D eigenvalue weighted by atomic mass is 19.2. The van der Waals surface area contributed by atoms with Gasteiger partial charge in [-0.2, -0.15) is 0 Å². The van der Waals surface area contributed by atoms with Crippen LogP contribution in [-0.4, -0.2) is 0 Å². The zero-order valence-electron chi connectivity index (χ0n) is 9.93. The lowest BCUT2D eigenvalue weighted by atomic mass is 9.97. The van der Waals surface area contributed by atoms with Crippen molar-refractivity contribution in [3.63, 3.8) is 0 Å². The Balaban J connectivity index is 2.62. The molecular weight excluding hydrogens is 279 g/mol. The average molecular weight is 288 g/mol. The molecule has 106 valence electrons. The van der Waals surface area contributed by atoms with E-state index in [1.807, 2.05) is 5.43 Å². The van der Waals surface area contributed by atoms with E-state index in [2.05, 4.69) is 0 Å². The summed E-state index contributed by atoms with van der Waals surface area (Å²) in [6, 6.07) is 3.03. The van der Waals surface area contributed by atoms with Gasteiger partial charge in [-0.1, -0.05) is 12.1 Å². The van der Waals surface area contributed by atoms with Crippen LogP contribution in [0.5, 0.6) is 0 Å². The SMILES string of the molecule is NNC(c1ccc(F)c(F)c1F)c1c(F)cccc1F. The smallest absolute Gasteiger partial charge is 0.194 e. The second-order valence-corrected chi connectivity index (χ2v) is 4.00. The highest BCUT2D eigenvalue weighted by molar-refractivity contribution is 5.35. The van der Waals surface area contributed by atoms with Crippen molar-refractivity contribution in [1.29, 1.82) is 0 Å². The number of benzene rings is 2. The highest BCUT2D eigenvalue weighted by Gasteiger charge is 2.26. The summed E-state index contributed by atoms with van der Waals surface area (Å²) in [7, 11) is 0. The molecule has 3 N–H and O–H groups in total. The largest absolute Gasteiger partial charge is 0.271 e. The van der Waals surface area contributed by atoms with E-state index in [0.717, 1.165) is 24.3 Å². The Labute approximate surface area is 111 Å². The molecule has 0 aliphatic carbocycles. The molecule has 1 unspecified atom stereocenters. The third kappa shape index (κ3) is 2.37. The molecule has 0 saturated carbocycles. The molecule has 2 rings (SSSR count). The van der Waals surface area contributed by atoms with E-state index in [9.17, 15) is 22.0 Å². The maximum Gasteiger partial charge on any atom is 0.194 e. The Morgan fingerprint density at radius 2 is 1.40 bits per heavy atom. The molecule has 0 aromatic heterocycles. The molecule has 2 aromatic rings. The van der Waals surface area contributed by atoms with Crippen LogP contribution in [0.2, 0.25) is 0 Å². The van der Waals surface area contributed by atoms with E-state index < -0.39 is 46.3 Å². The standard InChI is InChI=1S/C13H9F5N2/c14-7-2-1-3-8(15)10(7)13(20-19)6-4-5-9(16)12(18)11(6)17/h1-5,13,20H,19H2. The van der Waals surface area contributed by atoms with E-state index in [1.165, 1.54) is 0 Å². The predicted octanol–water partition coefficient (Wildman–Crippen LogP) is 2.93. The monoisotopic (exact) mass is 288 g/mol. The summed E-state index contributed by atoms with van der Waals surface area (Å²) in [5.74, 6) is -1.51. The average Bonchev–Trinajstić information content (AvgIpc) is 2.42. The Kier molecular flexibility index (Phi) is 4.01. The fourth-order valence-corrected chi connectivity index (χ4v) is 1.88. The van der Waals surface area contributed by atoms with E-state index in [4.69, 9.17) is 5.84 Å². The first-order valence-electron chi connectivity index (χ1n) is 5.50. The van der Waals surface area contributed by atoms with Gasteiger partial charge < -0.3 is 0 Å². The Morgan fingerprint density at radius 1 is 0.800 bits per heavy atom. The Morgan fingerprint density at radius 3 is 1.95 bits per heavy atom. The quantitative estimate of drug-likeness (QED) is 0.394. The summed E-state index contributed by atoms with van der Waals surface area (Å²) >= 11 is 0. The lowest BCUT2D eigenvalue weighted by molar-refractivity contribution is 0.428. The van der Waals surface area contributed by atoms with E-state index in [-0.39, 0.29) is 0 Å². The molecule has 0 amide bonds. The van der Waals surface area contributed by atoms with E-state index in [1.54, 1.807) is 0 Å². The first-order valence-corrected chi connectivity index (χ1v) is 5.50. The number of nitrogens with two attached hydrogens (primary N) is 1. The molecule has 7 heteroatoms. The molecule has 0 radical (unpaired) electrons. The lowest BCUT2D eigenvalue weighted by Crippen LogP contribution is -2.31. The highest BCUT2D eigenvalue weighted by Crippen LogP contribution is 2.29. The van der Waals surface area contributed by atoms with Crippen molar-refractivity contribution >= 4 is 0 Å². The summed E-state index contributed by atoms with van der Waals surface area (Å²) < 4.78 is 67.1. The normalized spacial score (nSPS) is 12.5. The molecule has 0 saturated heterocycles. The van der Waals surface area contributed by atoms with Crippen molar-refractivity contribution in [2.45, 2.75) is 6.04 Å². The van der Waals surface area contributed by atoms with Crippen LogP contribution in [0.1, 0.15) is 17.2 Å². The van der Waals surface area contributed by atoms with Gasteiger partial charge in [0, 0.05) is 11.1 Å². The summed E-state index contributed by atoms with van der Waals surface area (Å²) in [6.07, 6.45) is 0. The Hall–Kier alpha value is -1.99. The minimum absolute atomic E-state index is 0.504. The molecule has 1 atom stereocenters. The second kappa shape index (κ2) is 5.56. The molecule has 2 aromatic carbocycles. The van der Waals surface area contributed by atoms with Gasteiger partial charge in [-0.3, -0.25) is 5.84 Å². The Bertz CT molecular complexity index is 625. The van der Waals surface area contributed by atoms with Crippen LogP contribution in [0.4, 0.5) is 22.0 Å². The number of hydrogen-bond donors (Lipinski definition) is 2. The zero-order chi connectivity index (χ0) is 14.9. The molecule has 2 nitrogen and oxygen atoms in total. The summed E-state index contributed by atoms with van der Waals surface area (Å²) in [5.41, 5.74) is 0.907. The van der Waals surface area contributed by atoms with Crippen LogP contribution in [-0.2, 0) is 0 Å². The molecule has 20 heavy (non-hydrogen) atoms. The lowest BCUT2D eigenvalue weighted by Gasteiger charge is -2.19. The number of hydrazine groups is 1. The number of hydrogen-bond acceptors (Lipinski definition) is 2. The minimum atomic E-state index is -1.74. The van der Waals surface area contributed by atoms with Gasteiger partial charge in [0.1, 0.15) is 11.6 Å². The van der Waals surface area contributed by atoms with E-state index >= 15 is 0 Å². The first-order chi connectivity index (χ1) is 9.47. The fourth-order valence-electron chi connectivity index (χ4n) is 1.88. The van der Waals surface area contributed by atoms with Crippen LogP contribution in [0.15, 0.2) is 30.3 Å². The topological polar surface area (TPSA) is 38.0 Å².